The van der Waals surface area contributed by atoms with Gasteiger partial charge in [0, 0.05) is 26.2 Å². The number of nitrogens with one attached hydrogen (secondary N) is 2. The van der Waals surface area contributed by atoms with Gasteiger partial charge in [0.2, 0.25) is 0 Å². The van der Waals surface area contributed by atoms with Crippen molar-refractivity contribution in [1.82, 2.24) is 15.4 Å². The number of hydrazine groups is 1. The zero-order chi connectivity index (χ0) is 18.8. The zero-order valence-corrected chi connectivity index (χ0v) is 15.1. The molecule has 2 aliphatic rings. The fraction of sp³-hybridized carbons (Fsp3) is 0.421. The Bertz CT molecular complexity index is 943. The number of H-pyrrole nitrogens is 1. The van der Waals surface area contributed by atoms with E-state index in [1.165, 1.54) is 0 Å². The number of anilines is 1. The normalized spacial score (nSPS) is 16.8. The Kier molecular flexibility index (Phi) is 4.79. The molecule has 0 bridgehead atoms. The first-order valence-electron chi connectivity index (χ1n) is 8.99. The highest BCUT2D eigenvalue weighted by Gasteiger charge is 2.31. The summed E-state index contributed by atoms with van der Waals surface area (Å²) in [6, 6.07) is 7.71. The van der Waals surface area contributed by atoms with E-state index in [-0.39, 0.29) is 11.6 Å². The van der Waals surface area contributed by atoms with E-state index in [1.807, 2.05) is 5.01 Å². The lowest BCUT2D eigenvalue weighted by Crippen LogP contribution is -2.45. The predicted molar refractivity (Wildman–Crippen MR) is 98.5 cm³/mol. The molecule has 0 atom stereocenters. The number of rotatable bonds is 4. The second-order valence-corrected chi connectivity index (χ2v) is 6.67. The number of hydrogen-bond donors (Lipinski definition) is 2. The first-order chi connectivity index (χ1) is 13.2. The monoisotopic (exact) mass is 367 g/mol. The van der Waals surface area contributed by atoms with Crippen LogP contribution >= 0.6 is 0 Å². The smallest absolute Gasteiger partial charge is 0.257 e. The molecule has 1 fully saturated rings. The summed E-state index contributed by atoms with van der Waals surface area (Å²) in [4.78, 5) is 20.1. The van der Waals surface area contributed by atoms with Crippen LogP contribution in [0.25, 0.3) is 0 Å². The van der Waals surface area contributed by atoms with E-state index in [4.69, 9.17) is 14.5 Å². The van der Waals surface area contributed by atoms with Gasteiger partial charge in [0.25, 0.3) is 5.56 Å². The van der Waals surface area contributed by atoms with Crippen LogP contribution < -0.4 is 20.7 Å². The van der Waals surface area contributed by atoms with Crippen molar-refractivity contribution >= 4 is 5.82 Å². The van der Waals surface area contributed by atoms with Crippen LogP contribution in [0.4, 0.5) is 5.82 Å². The topological polar surface area (TPSA) is 103 Å². The Balaban J connectivity index is 1.67. The fourth-order valence-electron chi connectivity index (χ4n) is 3.59. The van der Waals surface area contributed by atoms with E-state index in [1.54, 1.807) is 25.3 Å². The quantitative estimate of drug-likeness (QED) is 0.838. The van der Waals surface area contributed by atoms with Crippen molar-refractivity contribution in [2.24, 2.45) is 0 Å². The standard InChI is InChI=1S/C19H21N5O3/c1-26-15-3-2-12(10-20)13(8-15)9-17-22-18-16(19(25)23-17)11-21-24(18)14-4-6-27-7-5-14/h2-3,8,14,21H,4-7,9,11H2,1H3,(H,22,23,25). The van der Waals surface area contributed by atoms with Gasteiger partial charge in [0.15, 0.2) is 5.82 Å². The molecule has 0 spiro atoms. The lowest BCUT2D eigenvalue weighted by Gasteiger charge is -2.32. The summed E-state index contributed by atoms with van der Waals surface area (Å²) in [5.41, 5.74) is 5.10. The molecule has 140 valence electrons. The average molecular weight is 367 g/mol. The maximum Gasteiger partial charge on any atom is 0.257 e. The number of hydrogen-bond acceptors (Lipinski definition) is 7. The number of nitrogens with zero attached hydrogens (tertiary/aromatic N) is 3. The highest BCUT2D eigenvalue weighted by molar-refractivity contribution is 5.51. The van der Waals surface area contributed by atoms with Gasteiger partial charge in [-0.3, -0.25) is 9.80 Å². The van der Waals surface area contributed by atoms with E-state index >= 15 is 0 Å². The Morgan fingerprint density at radius 1 is 1.41 bits per heavy atom. The number of aromatic amines is 1. The molecule has 0 unspecified atom stereocenters. The Morgan fingerprint density at radius 3 is 2.96 bits per heavy atom. The number of benzene rings is 1. The van der Waals surface area contributed by atoms with Crippen molar-refractivity contribution in [2.75, 3.05) is 25.3 Å². The maximum absolute atomic E-state index is 12.6. The fourth-order valence-corrected chi connectivity index (χ4v) is 3.59. The largest absolute Gasteiger partial charge is 0.497 e. The molecule has 2 aromatic rings. The van der Waals surface area contributed by atoms with E-state index < -0.39 is 0 Å². The number of fused-ring (bicyclic) bond motifs is 1. The average Bonchev–Trinajstić information content (AvgIpc) is 3.13. The molecule has 1 aromatic heterocycles. The molecule has 2 aliphatic heterocycles. The SMILES string of the molecule is COc1ccc(C#N)c(Cc2nc3c(c(=O)[nH]2)CNN3C2CCOCC2)c1. The van der Waals surface area contributed by atoms with Gasteiger partial charge in [0.1, 0.15) is 11.6 Å². The van der Waals surface area contributed by atoms with Crippen LogP contribution in [0.1, 0.15) is 35.4 Å². The van der Waals surface area contributed by atoms with Crippen LogP contribution in [0, 0.1) is 11.3 Å². The summed E-state index contributed by atoms with van der Waals surface area (Å²) < 4.78 is 10.7. The molecule has 8 nitrogen and oxygen atoms in total. The molecule has 0 radical (unpaired) electrons. The molecule has 27 heavy (non-hydrogen) atoms. The van der Waals surface area contributed by atoms with Crippen molar-refractivity contribution in [2.45, 2.75) is 31.8 Å². The summed E-state index contributed by atoms with van der Waals surface area (Å²) in [7, 11) is 1.58. The summed E-state index contributed by atoms with van der Waals surface area (Å²) in [5, 5.41) is 11.4. The van der Waals surface area contributed by atoms with Gasteiger partial charge in [-0.2, -0.15) is 5.26 Å². The van der Waals surface area contributed by atoms with Crippen LogP contribution in [0.2, 0.25) is 0 Å². The zero-order valence-electron chi connectivity index (χ0n) is 15.1. The summed E-state index contributed by atoms with van der Waals surface area (Å²) >= 11 is 0. The Labute approximate surface area is 156 Å². The van der Waals surface area contributed by atoms with E-state index in [0.717, 1.165) is 18.4 Å². The molecule has 4 rings (SSSR count). The Hall–Kier alpha value is -2.89. The summed E-state index contributed by atoms with van der Waals surface area (Å²) in [6.45, 7) is 1.89. The number of methoxy groups -OCH3 is 1. The maximum atomic E-state index is 12.6. The molecule has 8 heteroatoms. The summed E-state index contributed by atoms with van der Waals surface area (Å²) in [6.07, 6.45) is 2.14. The van der Waals surface area contributed by atoms with Crippen LogP contribution in [0.3, 0.4) is 0 Å². The van der Waals surface area contributed by atoms with Gasteiger partial charge in [0.05, 0.1) is 30.3 Å². The van der Waals surface area contributed by atoms with E-state index in [9.17, 15) is 10.1 Å². The van der Waals surface area contributed by atoms with Crippen molar-refractivity contribution in [3.05, 3.63) is 51.1 Å². The molecule has 1 saturated heterocycles. The van der Waals surface area contributed by atoms with Crippen molar-refractivity contribution < 1.29 is 9.47 Å². The van der Waals surface area contributed by atoms with Gasteiger partial charge < -0.3 is 14.5 Å². The minimum atomic E-state index is -0.140. The number of nitriles is 1. The van der Waals surface area contributed by atoms with Crippen molar-refractivity contribution in [3.63, 3.8) is 0 Å². The molecule has 1 aromatic carbocycles. The van der Waals surface area contributed by atoms with Gasteiger partial charge in [-0.1, -0.05) is 0 Å². The molecule has 3 heterocycles. The molecule has 0 saturated carbocycles. The summed E-state index contributed by atoms with van der Waals surface area (Å²) in [5.74, 6) is 1.88. The molecular formula is C19H21N5O3. The highest BCUT2D eigenvalue weighted by Crippen LogP contribution is 2.26. The van der Waals surface area contributed by atoms with Crippen LogP contribution in [0.5, 0.6) is 5.75 Å². The van der Waals surface area contributed by atoms with Crippen LogP contribution in [-0.4, -0.2) is 36.3 Å². The minimum Gasteiger partial charge on any atom is -0.497 e. The molecule has 2 N–H and O–H groups in total. The molecular weight excluding hydrogens is 346 g/mol. The van der Waals surface area contributed by atoms with Crippen molar-refractivity contribution in [1.29, 1.82) is 5.26 Å². The highest BCUT2D eigenvalue weighted by atomic mass is 16.5. The first kappa shape index (κ1) is 17.5. The first-order valence-corrected chi connectivity index (χ1v) is 8.99. The predicted octanol–water partition coefficient (Wildman–Crippen LogP) is 1.24. The van der Waals surface area contributed by atoms with E-state index in [0.29, 0.717) is 54.7 Å². The third-order valence-corrected chi connectivity index (χ3v) is 5.04. The molecule has 0 amide bonds. The second-order valence-electron chi connectivity index (χ2n) is 6.67. The van der Waals surface area contributed by atoms with Crippen molar-refractivity contribution in [3.8, 4) is 11.8 Å². The Morgan fingerprint density at radius 2 is 2.22 bits per heavy atom. The van der Waals surface area contributed by atoms with Crippen LogP contribution in [-0.2, 0) is 17.7 Å². The number of ether oxygens (including phenoxy) is 2. The third-order valence-electron chi connectivity index (χ3n) is 5.04. The molecule has 0 aliphatic carbocycles. The van der Waals surface area contributed by atoms with Gasteiger partial charge in [-0.05, 0) is 36.6 Å². The van der Waals surface area contributed by atoms with Gasteiger partial charge in [-0.15, -0.1) is 0 Å². The minimum absolute atomic E-state index is 0.140. The third kappa shape index (κ3) is 3.39. The second kappa shape index (κ2) is 7.39. The van der Waals surface area contributed by atoms with E-state index in [2.05, 4.69) is 16.5 Å². The van der Waals surface area contributed by atoms with Gasteiger partial charge in [-0.25, -0.2) is 10.4 Å². The number of aromatic nitrogens is 2. The van der Waals surface area contributed by atoms with Gasteiger partial charge >= 0.3 is 0 Å². The lowest BCUT2D eigenvalue weighted by molar-refractivity contribution is 0.0825. The van der Waals surface area contributed by atoms with Crippen LogP contribution in [0.15, 0.2) is 23.0 Å². The lowest BCUT2D eigenvalue weighted by atomic mass is 10.0.